The number of hydrogen-bond donors (Lipinski definition) is 2. The van der Waals surface area contributed by atoms with Crippen molar-refractivity contribution in [3.05, 3.63) is 35.7 Å². The number of nitrogens with zero attached hydrogens (tertiary/aromatic N) is 1. The molecular weight excluding hydrogens is 318 g/mol. The SMILES string of the molecule is CCNC(=O)NC(=O)[C@H](C)Sc1nc(-c2ccccc2)cs1. The third-order valence-corrected chi connectivity index (χ3v) is 4.85. The minimum Gasteiger partial charge on any atom is -0.338 e. The van der Waals surface area contributed by atoms with Crippen molar-refractivity contribution in [1.29, 1.82) is 0 Å². The summed E-state index contributed by atoms with van der Waals surface area (Å²) in [6.45, 7) is 4.03. The molecule has 0 saturated heterocycles. The first-order valence-electron chi connectivity index (χ1n) is 6.86. The van der Waals surface area contributed by atoms with E-state index in [1.165, 1.54) is 23.1 Å². The van der Waals surface area contributed by atoms with Crippen molar-refractivity contribution in [2.45, 2.75) is 23.4 Å². The van der Waals surface area contributed by atoms with Crippen LogP contribution in [0.3, 0.4) is 0 Å². The van der Waals surface area contributed by atoms with Crippen molar-refractivity contribution in [2.75, 3.05) is 6.54 Å². The van der Waals surface area contributed by atoms with Crippen LogP contribution >= 0.6 is 23.1 Å². The number of aromatic nitrogens is 1. The fourth-order valence-electron chi connectivity index (χ4n) is 1.68. The molecule has 0 radical (unpaired) electrons. The number of urea groups is 1. The highest BCUT2D eigenvalue weighted by atomic mass is 32.2. The van der Waals surface area contributed by atoms with Crippen LogP contribution in [0, 0.1) is 0 Å². The average molecular weight is 335 g/mol. The first kappa shape index (κ1) is 16.5. The third kappa shape index (κ3) is 4.57. The molecule has 1 heterocycles. The molecule has 22 heavy (non-hydrogen) atoms. The van der Waals surface area contributed by atoms with Crippen LogP contribution in [-0.2, 0) is 4.79 Å². The Morgan fingerprint density at radius 1 is 1.32 bits per heavy atom. The van der Waals surface area contributed by atoms with Crippen LogP contribution in [0.25, 0.3) is 11.3 Å². The Morgan fingerprint density at radius 2 is 2.05 bits per heavy atom. The van der Waals surface area contributed by atoms with Crippen LogP contribution in [-0.4, -0.2) is 28.7 Å². The number of imide groups is 1. The fourth-order valence-corrected chi connectivity index (χ4v) is 3.65. The molecule has 0 aliphatic rings. The van der Waals surface area contributed by atoms with Gasteiger partial charge in [-0.25, -0.2) is 9.78 Å². The summed E-state index contributed by atoms with van der Waals surface area (Å²) in [4.78, 5) is 27.7. The van der Waals surface area contributed by atoms with Gasteiger partial charge in [-0.05, 0) is 13.8 Å². The largest absolute Gasteiger partial charge is 0.338 e. The van der Waals surface area contributed by atoms with Crippen LogP contribution in [0.4, 0.5) is 4.79 Å². The predicted octanol–water partition coefficient (Wildman–Crippen LogP) is 3.14. The van der Waals surface area contributed by atoms with E-state index in [1.54, 1.807) is 13.8 Å². The van der Waals surface area contributed by atoms with E-state index in [0.29, 0.717) is 6.54 Å². The Bertz CT molecular complexity index is 643. The standard InChI is InChI=1S/C15H17N3O2S2/c1-3-16-14(20)18-13(19)10(2)22-15-17-12(9-21-15)11-7-5-4-6-8-11/h4-10H,3H2,1-2H3,(H2,16,18,19,20)/t10-/m0/s1. The molecule has 0 aliphatic carbocycles. The average Bonchev–Trinajstić information content (AvgIpc) is 2.96. The first-order chi connectivity index (χ1) is 10.6. The highest BCUT2D eigenvalue weighted by molar-refractivity contribution is 8.02. The maximum absolute atomic E-state index is 11.9. The molecule has 2 aromatic rings. The van der Waals surface area contributed by atoms with Crippen LogP contribution in [0.15, 0.2) is 40.1 Å². The van der Waals surface area contributed by atoms with Crippen LogP contribution in [0.5, 0.6) is 0 Å². The van der Waals surface area contributed by atoms with Gasteiger partial charge in [-0.1, -0.05) is 42.1 Å². The molecule has 0 saturated carbocycles. The lowest BCUT2D eigenvalue weighted by molar-refractivity contribution is -0.119. The van der Waals surface area contributed by atoms with E-state index in [2.05, 4.69) is 15.6 Å². The van der Waals surface area contributed by atoms with Gasteiger partial charge in [0.25, 0.3) is 0 Å². The Kier molecular flexibility index (Phi) is 5.97. The Balaban J connectivity index is 1.95. The summed E-state index contributed by atoms with van der Waals surface area (Å²) in [5, 5.41) is 6.41. The molecule has 0 fully saturated rings. The van der Waals surface area contributed by atoms with Crippen LogP contribution in [0.1, 0.15) is 13.8 Å². The number of benzene rings is 1. The second-order valence-corrected chi connectivity index (χ2v) is 6.92. The highest BCUT2D eigenvalue weighted by Crippen LogP contribution is 2.30. The zero-order valence-corrected chi connectivity index (χ0v) is 14.0. The normalized spacial score (nSPS) is 11.7. The van der Waals surface area contributed by atoms with Crippen molar-refractivity contribution in [3.8, 4) is 11.3 Å². The summed E-state index contributed by atoms with van der Waals surface area (Å²) in [7, 11) is 0. The second-order valence-electron chi connectivity index (χ2n) is 4.47. The summed E-state index contributed by atoms with van der Waals surface area (Å²) >= 11 is 2.83. The zero-order chi connectivity index (χ0) is 15.9. The van der Waals surface area contributed by atoms with Gasteiger partial charge in [-0.2, -0.15) is 0 Å². The molecule has 0 spiro atoms. The highest BCUT2D eigenvalue weighted by Gasteiger charge is 2.18. The molecule has 0 aliphatic heterocycles. The Labute approximate surface area is 137 Å². The molecule has 2 rings (SSSR count). The van der Waals surface area contributed by atoms with Gasteiger partial charge in [0.15, 0.2) is 4.34 Å². The molecule has 5 nitrogen and oxygen atoms in total. The molecular formula is C15H17N3O2S2. The van der Waals surface area contributed by atoms with E-state index in [9.17, 15) is 9.59 Å². The lowest BCUT2D eigenvalue weighted by Gasteiger charge is -2.09. The number of hydrogen-bond acceptors (Lipinski definition) is 5. The van der Waals surface area contributed by atoms with Gasteiger partial charge in [0, 0.05) is 17.5 Å². The number of amides is 3. The molecule has 1 aromatic carbocycles. The van der Waals surface area contributed by atoms with Crippen molar-refractivity contribution < 1.29 is 9.59 Å². The van der Waals surface area contributed by atoms with Gasteiger partial charge in [0.2, 0.25) is 5.91 Å². The van der Waals surface area contributed by atoms with Gasteiger partial charge in [0.1, 0.15) is 0 Å². The molecule has 0 bridgehead atoms. The van der Waals surface area contributed by atoms with E-state index in [-0.39, 0.29) is 5.91 Å². The van der Waals surface area contributed by atoms with Crippen molar-refractivity contribution >= 4 is 35.0 Å². The molecule has 1 atom stereocenters. The van der Waals surface area contributed by atoms with E-state index in [4.69, 9.17) is 0 Å². The van der Waals surface area contributed by atoms with Crippen molar-refractivity contribution in [2.24, 2.45) is 0 Å². The number of thiazole rings is 1. The Morgan fingerprint density at radius 3 is 2.73 bits per heavy atom. The van der Waals surface area contributed by atoms with Gasteiger partial charge in [-0.15, -0.1) is 11.3 Å². The zero-order valence-electron chi connectivity index (χ0n) is 12.3. The van der Waals surface area contributed by atoms with Crippen molar-refractivity contribution in [1.82, 2.24) is 15.6 Å². The summed E-state index contributed by atoms with van der Waals surface area (Å²) in [5.41, 5.74) is 1.94. The van der Waals surface area contributed by atoms with Gasteiger partial charge < -0.3 is 5.32 Å². The van der Waals surface area contributed by atoms with Gasteiger partial charge in [0.05, 0.1) is 10.9 Å². The number of carbonyl (C=O) groups excluding carboxylic acids is 2. The Hall–Kier alpha value is -1.86. The lowest BCUT2D eigenvalue weighted by atomic mass is 10.2. The van der Waals surface area contributed by atoms with E-state index < -0.39 is 11.3 Å². The third-order valence-electron chi connectivity index (χ3n) is 2.77. The van der Waals surface area contributed by atoms with Gasteiger partial charge >= 0.3 is 6.03 Å². The summed E-state index contributed by atoms with van der Waals surface area (Å²) in [5.74, 6) is -0.326. The predicted molar refractivity (Wildman–Crippen MR) is 90.1 cm³/mol. The van der Waals surface area contributed by atoms with E-state index >= 15 is 0 Å². The van der Waals surface area contributed by atoms with Crippen LogP contribution < -0.4 is 10.6 Å². The fraction of sp³-hybridized carbons (Fsp3) is 0.267. The topological polar surface area (TPSA) is 71.1 Å². The maximum Gasteiger partial charge on any atom is 0.321 e. The van der Waals surface area contributed by atoms with E-state index in [0.717, 1.165) is 15.6 Å². The molecule has 0 unspecified atom stereocenters. The summed E-state index contributed by atoms with van der Waals surface area (Å²) in [6.07, 6.45) is 0. The minimum absolute atomic E-state index is 0.326. The van der Waals surface area contributed by atoms with Crippen LogP contribution in [0.2, 0.25) is 0 Å². The van der Waals surface area contributed by atoms with Gasteiger partial charge in [-0.3, -0.25) is 10.1 Å². The number of thioether (sulfide) groups is 1. The summed E-state index contributed by atoms with van der Waals surface area (Å²) in [6, 6.07) is 9.40. The quantitative estimate of drug-likeness (QED) is 0.824. The lowest BCUT2D eigenvalue weighted by Crippen LogP contribution is -2.42. The van der Waals surface area contributed by atoms with Crippen molar-refractivity contribution in [3.63, 3.8) is 0 Å². The smallest absolute Gasteiger partial charge is 0.321 e. The summed E-state index contributed by atoms with van der Waals surface area (Å²) < 4.78 is 0.803. The number of nitrogens with one attached hydrogen (secondary N) is 2. The monoisotopic (exact) mass is 335 g/mol. The second kappa shape index (κ2) is 7.95. The first-order valence-corrected chi connectivity index (χ1v) is 8.62. The molecule has 116 valence electrons. The number of carbonyl (C=O) groups is 2. The molecule has 7 heteroatoms. The number of rotatable bonds is 5. The molecule has 1 aromatic heterocycles. The molecule has 3 amide bonds. The van der Waals surface area contributed by atoms with E-state index in [1.807, 2.05) is 35.7 Å². The molecule has 2 N–H and O–H groups in total. The minimum atomic E-state index is -0.468. The maximum atomic E-state index is 11.9.